The quantitative estimate of drug-likeness (QED) is 0.711. The third-order valence-corrected chi connectivity index (χ3v) is 2.72. The first kappa shape index (κ1) is 12.9. The summed E-state index contributed by atoms with van der Waals surface area (Å²) in [5, 5.41) is 11.9. The third kappa shape index (κ3) is 3.45. The molecule has 0 aliphatic heterocycles. The molecule has 0 aliphatic rings. The zero-order chi connectivity index (χ0) is 13.7. The number of aromatic hydroxyl groups is 1. The summed E-state index contributed by atoms with van der Waals surface area (Å²) in [6.45, 7) is 0.485. The molecule has 0 atom stereocenters. The van der Waals surface area contributed by atoms with E-state index in [0.29, 0.717) is 30.5 Å². The van der Waals surface area contributed by atoms with Crippen LogP contribution in [-0.4, -0.2) is 28.8 Å². The summed E-state index contributed by atoms with van der Waals surface area (Å²) >= 11 is 0. The molecule has 0 fully saturated rings. The molecule has 0 spiro atoms. The average molecular weight is 258 g/mol. The normalized spacial score (nSPS) is 10.1. The zero-order valence-electron chi connectivity index (χ0n) is 10.2. The van der Waals surface area contributed by atoms with Crippen molar-refractivity contribution in [1.82, 2.24) is 10.3 Å². The van der Waals surface area contributed by atoms with Crippen molar-refractivity contribution in [1.29, 1.82) is 0 Å². The van der Waals surface area contributed by atoms with Crippen LogP contribution in [0.4, 0.5) is 0 Å². The number of hydrogen-bond donors (Lipinski definition) is 3. The van der Waals surface area contributed by atoms with Crippen LogP contribution in [-0.2, 0) is 6.42 Å². The molecular formula is C14H14N2O3. The van der Waals surface area contributed by atoms with Crippen molar-refractivity contribution < 1.29 is 14.7 Å². The largest absolute Gasteiger partial charge is 0.508 e. The SMILES string of the molecule is O=Cc1c[nH]c(C(=O)NCCc2ccc(O)cc2)c1. The van der Waals surface area contributed by atoms with E-state index >= 15 is 0 Å². The highest BCUT2D eigenvalue weighted by atomic mass is 16.3. The molecule has 0 unspecified atom stereocenters. The van der Waals surface area contributed by atoms with Gasteiger partial charge in [-0.1, -0.05) is 12.1 Å². The number of carbonyl (C=O) groups excluding carboxylic acids is 2. The maximum absolute atomic E-state index is 11.7. The second kappa shape index (κ2) is 5.86. The summed E-state index contributed by atoms with van der Waals surface area (Å²) in [5.41, 5.74) is 1.84. The van der Waals surface area contributed by atoms with Gasteiger partial charge in [0.05, 0.1) is 0 Å². The number of phenols is 1. The Bertz CT molecular complexity index is 573. The van der Waals surface area contributed by atoms with E-state index in [2.05, 4.69) is 10.3 Å². The van der Waals surface area contributed by atoms with Gasteiger partial charge in [-0.3, -0.25) is 9.59 Å². The molecule has 0 bridgehead atoms. The van der Waals surface area contributed by atoms with Crippen molar-refractivity contribution in [2.24, 2.45) is 0 Å². The van der Waals surface area contributed by atoms with Gasteiger partial charge in [-0.2, -0.15) is 0 Å². The molecule has 0 radical (unpaired) electrons. The van der Waals surface area contributed by atoms with Gasteiger partial charge < -0.3 is 15.4 Å². The Kier molecular flexibility index (Phi) is 3.97. The second-order valence-electron chi connectivity index (χ2n) is 4.14. The van der Waals surface area contributed by atoms with Crippen molar-refractivity contribution >= 4 is 12.2 Å². The molecule has 2 aromatic rings. The molecule has 1 aromatic carbocycles. The Morgan fingerprint density at radius 3 is 2.68 bits per heavy atom. The van der Waals surface area contributed by atoms with Gasteiger partial charge in [0.1, 0.15) is 11.4 Å². The topological polar surface area (TPSA) is 82.2 Å². The number of aldehydes is 1. The minimum absolute atomic E-state index is 0.223. The van der Waals surface area contributed by atoms with E-state index < -0.39 is 0 Å². The van der Waals surface area contributed by atoms with Crippen LogP contribution < -0.4 is 5.32 Å². The van der Waals surface area contributed by atoms with Gasteiger partial charge in [0.15, 0.2) is 6.29 Å². The minimum Gasteiger partial charge on any atom is -0.508 e. The molecule has 98 valence electrons. The number of carbonyl (C=O) groups is 2. The van der Waals surface area contributed by atoms with E-state index in [-0.39, 0.29) is 11.7 Å². The molecule has 3 N–H and O–H groups in total. The number of aromatic nitrogens is 1. The number of benzene rings is 1. The zero-order valence-corrected chi connectivity index (χ0v) is 10.2. The number of amides is 1. The van der Waals surface area contributed by atoms with E-state index in [1.807, 2.05) is 0 Å². The van der Waals surface area contributed by atoms with Crippen LogP contribution in [0.5, 0.6) is 5.75 Å². The first-order valence-corrected chi connectivity index (χ1v) is 5.89. The summed E-state index contributed by atoms with van der Waals surface area (Å²) in [7, 11) is 0. The Morgan fingerprint density at radius 1 is 1.32 bits per heavy atom. The minimum atomic E-state index is -0.244. The Morgan fingerprint density at radius 2 is 2.05 bits per heavy atom. The Hall–Kier alpha value is -2.56. The van der Waals surface area contributed by atoms with Gasteiger partial charge in [-0.25, -0.2) is 0 Å². The number of H-pyrrole nitrogens is 1. The monoisotopic (exact) mass is 258 g/mol. The highest BCUT2D eigenvalue weighted by molar-refractivity contribution is 5.94. The lowest BCUT2D eigenvalue weighted by Crippen LogP contribution is -2.25. The van der Waals surface area contributed by atoms with Crippen LogP contribution in [0.1, 0.15) is 26.4 Å². The predicted molar refractivity (Wildman–Crippen MR) is 70.3 cm³/mol. The van der Waals surface area contributed by atoms with Crippen molar-refractivity contribution in [2.75, 3.05) is 6.54 Å². The van der Waals surface area contributed by atoms with E-state index in [0.717, 1.165) is 5.56 Å². The smallest absolute Gasteiger partial charge is 0.267 e. The third-order valence-electron chi connectivity index (χ3n) is 2.72. The fourth-order valence-electron chi connectivity index (χ4n) is 1.69. The fourth-order valence-corrected chi connectivity index (χ4v) is 1.69. The number of phenolic OH excluding ortho intramolecular Hbond substituents is 1. The maximum Gasteiger partial charge on any atom is 0.267 e. The van der Waals surface area contributed by atoms with Crippen molar-refractivity contribution in [2.45, 2.75) is 6.42 Å². The number of nitrogens with one attached hydrogen (secondary N) is 2. The standard InChI is InChI=1S/C14H14N2O3/c17-9-11-7-13(16-8-11)14(19)15-6-5-10-1-3-12(18)4-2-10/h1-4,7-9,16,18H,5-6H2,(H,15,19). The van der Waals surface area contributed by atoms with Crippen molar-refractivity contribution in [3.63, 3.8) is 0 Å². The van der Waals surface area contributed by atoms with Crippen LogP contribution in [0.15, 0.2) is 36.5 Å². The molecule has 2 rings (SSSR count). The summed E-state index contributed by atoms with van der Waals surface area (Å²) in [6, 6.07) is 8.33. The van der Waals surface area contributed by atoms with E-state index in [9.17, 15) is 9.59 Å². The van der Waals surface area contributed by atoms with Crippen LogP contribution >= 0.6 is 0 Å². The summed E-state index contributed by atoms with van der Waals surface area (Å²) < 4.78 is 0. The fraction of sp³-hybridized carbons (Fsp3) is 0.143. The second-order valence-corrected chi connectivity index (χ2v) is 4.14. The molecular weight excluding hydrogens is 244 g/mol. The van der Waals surface area contributed by atoms with E-state index in [1.54, 1.807) is 24.3 Å². The average Bonchev–Trinajstić information content (AvgIpc) is 2.90. The van der Waals surface area contributed by atoms with Gasteiger partial charge in [-0.15, -0.1) is 0 Å². The molecule has 0 saturated heterocycles. The maximum atomic E-state index is 11.7. The van der Waals surface area contributed by atoms with Gasteiger partial charge in [0, 0.05) is 18.3 Å². The van der Waals surface area contributed by atoms with Crippen LogP contribution in [0.25, 0.3) is 0 Å². The summed E-state index contributed by atoms with van der Waals surface area (Å²) in [4.78, 5) is 25.0. The summed E-state index contributed by atoms with van der Waals surface area (Å²) in [6.07, 6.45) is 2.85. The Balaban J connectivity index is 1.83. The first-order chi connectivity index (χ1) is 9.19. The van der Waals surface area contributed by atoms with Crippen LogP contribution in [0.3, 0.4) is 0 Å². The van der Waals surface area contributed by atoms with E-state index in [4.69, 9.17) is 5.11 Å². The predicted octanol–water partition coefficient (Wildman–Crippen LogP) is 1.51. The lowest BCUT2D eigenvalue weighted by atomic mass is 10.1. The molecule has 19 heavy (non-hydrogen) atoms. The lowest BCUT2D eigenvalue weighted by Gasteiger charge is -2.04. The van der Waals surface area contributed by atoms with Crippen LogP contribution in [0.2, 0.25) is 0 Å². The number of aromatic amines is 1. The molecule has 1 amide bonds. The van der Waals surface area contributed by atoms with Crippen molar-refractivity contribution in [3.8, 4) is 5.75 Å². The van der Waals surface area contributed by atoms with Crippen LogP contribution in [0, 0.1) is 0 Å². The Labute approximate surface area is 110 Å². The van der Waals surface area contributed by atoms with Crippen molar-refractivity contribution in [3.05, 3.63) is 53.3 Å². The number of rotatable bonds is 5. The molecule has 0 aliphatic carbocycles. The highest BCUT2D eigenvalue weighted by Gasteiger charge is 2.07. The van der Waals surface area contributed by atoms with Gasteiger partial charge in [-0.05, 0) is 30.2 Å². The summed E-state index contributed by atoms with van der Waals surface area (Å²) in [5.74, 6) is -0.0209. The van der Waals surface area contributed by atoms with E-state index in [1.165, 1.54) is 12.3 Å². The molecule has 5 nitrogen and oxygen atoms in total. The van der Waals surface area contributed by atoms with Gasteiger partial charge >= 0.3 is 0 Å². The van der Waals surface area contributed by atoms with Gasteiger partial charge in [0.2, 0.25) is 0 Å². The number of hydrogen-bond acceptors (Lipinski definition) is 3. The lowest BCUT2D eigenvalue weighted by molar-refractivity contribution is 0.0949. The molecule has 5 heteroatoms. The first-order valence-electron chi connectivity index (χ1n) is 5.89. The molecule has 0 saturated carbocycles. The van der Waals surface area contributed by atoms with Gasteiger partial charge in [0.25, 0.3) is 5.91 Å². The highest BCUT2D eigenvalue weighted by Crippen LogP contribution is 2.09. The molecule has 1 heterocycles. The molecule has 1 aromatic heterocycles.